The largest absolute Gasteiger partial charge is 0.412 e. The third kappa shape index (κ3) is 2.72. The lowest BCUT2D eigenvalue weighted by Gasteiger charge is -2.30. The van der Waals surface area contributed by atoms with Gasteiger partial charge in [0.1, 0.15) is 0 Å². The number of hydrogen-bond donors (Lipinski definition) is 0. The number of thiophene rings is 1. The number of aromatic nitrogens is 1. The molecule has 0 bridgehead atoms. The van der Waals surface area contributed by atoms with E-state index in [2.05, 4.69) is 52.7 Å². The Bertz CT molecular complexity index is 749. The predicted molar refractivity (Wildman–Crippen MR) is 94.7 cm³/mol. The Morgan fingerprint density at radius 2 is 1.77 bits per heavy atom. The zero-order valence-corrected chi connectivity index (χ0v) is 13.3. The van der Waals surface area contributed by atoms with Gasteiger partial charge in [-0.15, -0.1) is 11.3 Å². The SMILES string of the molecule is O.c1csc(-c2cc(N3CCCCC3)c3ccccc3n2)c1. The zero-order chi connectivity index (χ0) is 14.1. The molecule has 1 aliphatic heterocycles. The quantitative estimate of drug-likeness (QED) is 0.714. The molecule has 0 saturated carbocycles. The Labute approximate surface area is 134 Å². The van der Waals surface area contributed by atoms with Crippen molar-refractivity contribution in [2.45, 2.75) is 19.3 Å². The summed E-state index contributed by atoms with van der Waals surface area (Å²) in [6.07, 6.45) is 3.95. The summed E-state index contributed by atoms with van der Waals surface area (Å²) in [5, 5.41) is 3.40. The van der Waals surface area contributed by atoms with Crippen molar-refractivity contribution in [1.29, 1.82) is 0 Å². The van der Waals surface area contributed by atoms with Crippen molar-refractivity contribution in [3.63, 3.8) is 0 Å². The van der Waals surface area contributed by atoms with Gasteiger partial charge in [0.15, 0.2) is 0 Å². The Kier molecular flexibility index (Phi) is 4.41. The first-order valence-electron chi connectivity index (χ1n) is 7.60. The molecule has 1 aromatic carbocycles. The molecule has 3 nitrogen and oxygen atoms in total. The van der Waals surface area contributed by atoms with E-state index in [0.717, 1.165) is 24.3 Å². The summed E-state index contributed by atoms with van der Waals surface area (Å²) in [4.78, 5) is 8.64. The monoisotopic (exact) mass is 312 g/mol. The number of hydrogen-bond acceptors (Lipinski definition) is 3. The van der Waals surface area contributed by atoms with Crippen molar-refractivity contribution in [1.82, 2.24) is 4.98 Å². The van der Waals surface area contributed by atoms with E-state index < -0.39 is 0 Å². The van der Waals surface area contributed by atoms with E-state index in [4.69, 9.17) is 4.98 Å². The molecule has 0 atom stereocenters. The smallest absolute Gasteiger partial charge is 0.0830 e. The Hall–Kier alpha value is -1.91. The summed E-state index contributed by atoms with van der Waals surface area (Å²) in [5.41, 5.74) is 3.55. The van der Waals surface area contributed by atoms with Crippen molar-refractivity contribution in [2.24, 2.45) is 0 Å². The minimum absolute atomic E-state index is 0. The highest BCUT2D eigenvalue weighted by atomic mass is 32.1. The number of anilines is 1. The molecule has 3 aromatic rings. The predicted octanol–water partition coefficient (Wildman–Crippen LogP) is 4.13. The molecule has 0 amide bonds. The van der Waals surface area contributed by atoms with E-state index in [1.807, 2.05) is 0 Å². The second kappa shape index (κ2) is 6.46. The molecule has 1 aliphatic rings. The lowest BCUT2D eigenvalue weighted by Crippen LogP contribution is -2.29. The van der Waals surface area contributed by atoms with Crippen molar-refractivity contribution in [2.75, 3.05) is 18.0 Å². The van der Waals surface area contributed by atoms with Gasteiger partial charge in [0.05, 0.1) is 16.1 Å². The molecule has 114 valence electrons. The summed E-state index contributed by atoms with van der Waals surface area (Å²) in [6, 6.07) is 15.0. The summed E-state index contributed by atoms with van der Waals surface area (Å²) in [7, 11) is 0. The number of para-hydroxylation sites is 1. The summed E-state index contributed by atoms with van der Waals surface area (Å²) < 4.78 is 0. The first-order chi connectivity index (χ1) is 10.4. The Morgan fingerprint density at radius 1 is 0.955 bits per heavy atom. The summed E-state index contributed by atoms with van der Waals surface area (Å²) in [5.74, 6) is 0. The molecule has 22 heavy (non-hydrogen) atoms. The Balaban J connectivity index is 0.00000144. The van der Waals surface area contributed by atoms with E-state index in [9.17, 15) is 0 Å². The molecule has 4 rings (SSSR count). The van der Waals surface area contributed by atoms with E-state index in [0.29, 0.717) is 0 Å². The number of pyridine rings is 1. The maximum atomic E-state index is 4.86. The number of fused-ring (bicyclic) bond motifs is 1. The fourth-order valence-electron chi connectivity index (χ4n) is 3.10. The van der Waals surface area contributed by atoms with Gasteiger partial charge < -0.3 is 10.4 Å². The number of rotatable bonds is 2. The normalized spacial score (nSPS) is 14.8. The maximum Gasteiger partial charge on any atom is 0.0830 e. The van der Waals surface area contributed by atoms with Gasteiger partial charge in [0, 0.05) is 24.2 Å². The van der Waals surface area contributed by atoms with Crippen LogP contribution in [0, 0.1) is 0 Å². The number of benzene rings is 1. The van der Waals surface area contributed by atoms with Crippen LogP contribution in [0.3, 0.4) is 0 Å². The van der Waals surface area contributed by atoms with Crippen LogP contribution in [0.4, 0.5) is 5.69 Å². The van der Waals surface area contributed by atoms with Crippen LogP contribution in [0.5, 0.6) is 0 Å². The summed E-state index contributed by atoms with van der Waals surface area (Å²) >= 11 is 1.76. The van der Waals surface area contributed by atoms with Gasteiger partial charge in [0.25, 0.3) is 0 Å². The van der Waals surface area contributed by atoms with Gasteiger partial charge in [-0.1, -0.05) is 24.3 Å². The first-order valence-corrected chi connectivity index (χ1v) is 8.48. The average molecular weight is 312 g/mol. The zero-order valence-electron chi connectivity index (χ0n) is 12.5. The first kappa shape index (κ1) is 15.0. The highest BCUT2D eigenvalue weighted by Gasteiger charge is 2.16. The number of piperidine rings is 1. The molecule has 0 unspecified atom stereocenters. The minimum Gasteiger partial charge on any atom is -0.412 e. The molecule has 0 aliphatic carbocycles. The van der Waals surface area contributed by atoms with E-state index >= 15 is 0 Å². The molecular formula is C18H20N2OS. The summed E-state index contributed by atoms with van der Waals surface area (Å²) in [6.45, 7) is 2.33. The third-order valence-corrected chi connectivity index (χ3v) is 5.06. The van der Waals surface area contributed by atoms with E-state index in [1.165, 1.54) is 35.2 Å². The van der Waals surface area contributed by atoms with Gasteiger partial charge >= 0.3 is 0 Å². The molecule has 2 aromatic heterocycles. The molecule has 1 saturated heterocycles. The third-order valence-electron chi connectivity index (χ3n) is 4.16. The molecule has 0 radical (unpaired) electrons. The molecule has 3 heterocycles. The van der Waals surface area contributed by atoms with Gasteiger partial charge in [-0.2, -0.15) is 0 Å². The fourth-order valence-corrected chi connectivity index (χ4v) is 3.79. The van der Waals surface area contributed by atoms with Gasteiger partial charge in [-0.25, -0.2) is 4.98 Å². The minimum atomic E-state index is 0. The lowest BCUT2D eigenvalue weighted by molar-refractivity contribution is 0.579. The molecule has 1 fully saturated rings. The fraction of sp³-hybridized carbons (Fsp3) is 0.278. The van der Waals surface area contributed by atoms with Gasteiger partial charge in [-0.05, 0) is 42.8 Å². The van der Waals surface area contributed by atoms with Crippen LogP contribution in [-0.4, -0.2) is 23.5 Å². The number of nitrogens with zero attached hydrogens (tertiary/aromatic N) is 2. The van der Waals surface area contributed by atoms with Gasteiger partial charge in [-0.3, -0.25) is 0 Å². The molecule has 4 heteroatoms. The highest BCUT2D eigenvalue weighted by Crippen LogP contribution is 2.33. The van der Waals surface area contributed by atoms with E-state index in [-0.39, 0.29) is 5.48 Å². The second-order valence-corrected chi connectivity index (χ2v) is 6.52. The van der Waals surface area contributed by atoms with Crippen LogP contribution < -0.4 is 4.90 Å². The Morgan fingerprint density at radius 3 is 2.55 bits per heavy atom. The average Bonchev–Trinajstić information content (AvgIpc) is 3.09. The highest BCUT2D eigenvalue weighted by molar-refractivity contribution is 7.13. The van der Waals surface area contributed by atoms with Gasteiger partial charge in [0.2, 0.25) is 0 Å². The van der Waals surface area contributed by atoms with Crippen LogP contribution in [0.25, 0.3) is 21.5 Å². The van der Waals surface area contributed by atoms with Crippen molar-refractivity contribution in [3.8, 4) is 10.6 Å². The van der Waals surface area contributed by atoms with Crippen LogP contribution in [0.1, 0.15) is 19.3 Å². The molecular weight excluding hydrogens is 292 g/mol. The van der Waals surface area contributed by atoms with Crippen LogP contribution in [0.15, 0.2) is 47.8 Å². The van der Waals surface area contributed by atoms with Crippen LogP contribution in [-0.2, 0) is 0 Å². The van der Waals surface area contributed by atoms with E-state index in [1.54, 1.807) is 11.3 Å². The maximum absolute atomic E-state index is 4.86. The second-order valence-electron chi connectivity index (χ2n) is 5.57. The molecule has 2 N–H and O–H groups in total. The standard InChI is InChI=1S/C18H18N2S.H2O/c1-4-10-20(11-5-1)17-13-16(18-9-6-12-21-18)19-15-8-3-2-7-14(15)17;/h2-3,6-9,12-13H,1,4-5,10-11H2;1H2. The molecule has 0 spiro atoms. The van der Waals surface area contributed by atoms with Crippen LogP contribution >= 0.6 is 11.3 Å². The van der Waals surface area contributed by atoms with Crippen LogP contribution in [0.2, 0.25) is 0 Å². The van der Waals surface area contributed by atoms with Crippen molar-refractivity contribution in [3.05, 3.63) is 47.8 Å². The van der Waals surface area contributed by atoms with Crippen molar-refractivity contribution >= 4 is 27.9 Å². The van der Waals surface area contributed by atoms with Crippen molar-refractivity contribution < 1.29 is 5.48 Å². The topological polar surface area (TPSA) is 47.6 Å². The lowest BCUT2D eigenvalue weighted by atomic mass is 10.1.